The van der Waals surface area contributed by atoms with E-state index in [9.17, 15) is 19.5 Å². The normalized spacial score (nSPS) is 10.7. The number of nitrogens with one attached hydrogen (secondary N) is 2. The van der Waals surface area contributed by atoms with Crippen LogP contribution in [0, 0.1) is 0 Å². The summed E-state index contributed by atoms with van der Waals surface area (Å²) < 4.78 is 0. The first-order valence-corrected chi connectivity index (χ1v) is 12.9. The third-order valence-electron chi connectivity index (χ3n) is 5.83. The number of anilines is 2. The molecule has 0 aliphatic carbocycles. The van der Waals surface area contributed by atoms with Gasteiger partial charge in [-0.3, -0.25) is 9.59 Å². The molecule has 0 fully saturated rings. The highest BCUT2D eigenvalue weighted by atomic mass is 16.4. The number of carboxylic acid groups (broad SMARTS) is 1. The van der Waals surface area contributed by atoms with Crippen LogP contribution in [0.1, 0.15) is 127 Å². The van der Waals surface area contributed by atoms with Crippen LogP contribution in [-0.4, -0.2) is 22.9 Å². The lowest BCUT2D eigenvalue weighted by molar-refractivity contribution is -0.117. The molecule has 33 heavy (non-hydrogen) atoms. The highest BCUT2D eigenvalue weighted by Crippen LogP contribution is 2.25. The van der Waals surface area contributed by atoms with Crippen molar-refractivity contribution >= 4 is 29.2 Å². The second-order valence-electron chi connectivity index (χ2n) is 8.90. The summed E-state index contributed by atoms with van der Waals surface area (Å²) in [4.78, 5) is 36.2. The third-order valence-corrected chi connectivity index (χ3v) is 5.83. The number of unbranched alkanes of at least 4 members (excludes halogenated alkanes) is 12. The maximum absolute atomic E-state index is 12.4. The van der Waals surface area contributed by atoms with Crippen LogP contribution in [0.25, 0.3) is 0 Å². The van der Waals surface area contributed by atoms with Gasteiger partial charge in [0.2, 0.25) is 11.8 Å². The van der Waals surface area contributed by atoms with Crippen LogP contribution in [-0.2, 0) is 9.59 Å². The lowest BCUT2D eigenvalue weighted by Crippen LogP contribution is -2.17. The Labute approximate surface area is 199 Å². The Morgan fingerprint density at radius 3 is 1.52 bits per heavy atom. The number of rotatable bonds is 19. The molecular weight excluding hydrogens is 416 g/mol. The van der Waals surface area contributed by atoms with Gasteiger partial charge in [0.1, 0.15) is 0 Å². The van der Waals surface area contributed by atoms with Gasteiger partial charge in [-0.05, 0) is 31.0 Å². The minimum absolute atomic E-state index is 0.0753. The van der Waals surface area contributed by atoms with Crippen molar-refractivity contribution < 1.29 is 19.5 Å². The summed E-state index contributed by atoms with van der Waals surface area (Å²) in [6.07, 6.45) is 16.6. The highest BCUT2D eigenvalue weighted by Gasteiger charge is 2.13. The van der Waals surface area contributed by atoms with Gasteiger partial charge in [0, 0.05) is 12.8 Å². The summed E-state index contributed by atoms with van der Waals surface area (Å²) in [6, 6.07) is 4.40. The zero-order chi connectivity index (χ0) is 24.3. The molecule has 0 aliphatic heterocycles. The van der Waals surface area contributed by atoms with Crippen LogP contribution >= 0.6 is 0 Å². The number of hydrogen-bond donors (Lipinski definition) is 3. The SMILES string of the molecule is CCCCCCCCCC(=O)Nc1ccc(C(=O)O)cc1NC(=O)CCCCCCCCC. The molecule has 6 heteroatoms. The van der Waals surface area contributed by atoms with E-state index in [-0.39, 0.29) is 17.4 Å². The van der Waals surface area contributed by atoms with Crippen LogP contribution in [0.2, 0.25) is 0 Å². The molecule has 0 spiro atoms. The number of amides is 2. The quantitative estimate of drug-likeness (QED) is 0.186. The third kappa shape index (κ3) is 13.7. The summed E-state index contributed by atoms with van der Waals surface area (Å²) in [7, 11) is 0. The average Bonchev–Trinajstić information content (AvgIpc) is 2.79. The van der Waals surface area contributed by atoms with Crippen molar-refractivity contribution in [2.24, 2.45) is 0 Å². The van der Waals surface area contributed by atoms with E-state index < -0.39 is 5.97 Å². The van der Waals surface area contributed by atoms with Crippen molar-refractivity contribution in [3.05, 3.63) is 23.8 Å². The Hall–Kier alpha value is -2.37. The van der Waals surface area contributed by atoms with Gasteiger partial charge in [-0.25, -0.2) is 4.79 Å². The summed E-state index contributed by atoms with van der Waals surface area (Å²) in [5.41, 5.74) is 0.864. The van der Waals surface area contributed by atoms with Gasteiger partial charge in [0.05, 0.1) is 16.9 Å². The van der Waals surface area contributed by atoms with Crippen LogP contribution < -0.4 is 10.6 Å². The van der Waals surface area contributed by atoms with Crippen molar-refractivity contribution in [2.45, 2.75) is 117 Å². The fraction of sp³-hybridized carbons (Fsp3) is 0.667. The fourth-order valence-electron chi connectivity index (χ4n) is 3.80. The van der Waals surface area contributed by atoms with Gasteiger partial charge in [0.25, 0.3) is 0 Å². The average molecular weight is 461 g/mol. The first kappa shape index (κ1) is 28.7. The molecule has 3 N–H and O–H groups in total. The minimum atomic E-state index is -1.07. The zero-order valence-corrected chi connectivity index (χ0v) is 20.7. The molecule has 0 saturated carbocycles. The maximum atomic E-state index is 12.4. The molecule has 0 atom stereocenters. The van der Waals surface area contributed by atoms with E-state index in [4.69, 9.17) is 0 Å². The summed E-state index contributed by atoms with van der Waals surface area (Å²) in [5.74, 6) is -1.35. The summed E-state index contributed by atoms with van der Waals surface area (Å²) in [5, 5.41) is 14.9. The monoisotopic (exact) mass is 460 g/mol. The molecular formula is C27H44N2O4. The van der Waals surface area contributed by atoms with Crippen LogP contribution in [0.3, 0.4) is 0 Å². The molecule has 0 aromatic heterocycles. The van der Waals surface area contributed by atoms with Crippen LogP contribution in [0.5, 0.6) is 0 Å². The number of carboxylic acids is 1. The minimum Gasteiger partial charge on any atom is -0.478 e. The molecule has 0 radical (unpaired) electrons. The van der Waals surface area contributed by atoms with E-state index in [0.29, 0.717) is 24.2 Å². The van der Waals surface area contributed by atoms with Gasteiger partial charge < -0.3 is 15.7 Å². The van der Waals surface area contributed by atoms with Crippen molar-refractivity contribution in [1.29, 1.82) is 0 Å². The number of carbonyl (C=O) groups is 3. The largest absolute Gasteiger partial charge is 0.478 e. The Bertz CT molecular complexity index is 718. The summed E-state index contributed by atoms with van der Waals surface area (Å²) in [6.45, 7) is 4.38. The first-order chi connectivity index (χ1) is 16.0. The van der Waals surface area contributed by atoms with E-state index in [1.54, 1.807) is 6.07 Å². The molecule has 0 unspecified atom stereocenters. The Morgan fingerprint density at radius 2 is 1.06 bits per heavy atom. The molecule has 1 aromatic carbocycles. The van der Waals surface area contributed by atoms with E-state index in [0.717, 1.165) is 38.5 Å². The Morgan fingerprint density at radius 1 is 0.636 bits per heavy atom. The van der Waals surface area contributed by atoms with Crippen molar-refractivity contribution in [3.8, 4) is 0 Å². The molecule has 2 amide bonds. The number of benzene rings is 1. The smallest absolute Gasteiger partial charge is 0.335 e. The Balaban J connectivity index is 2.52. The molecule has 0 saturated heterocycles. The molecule has 6 nitrogen and oxygen atoms in total. The topological polar surface area (TPSA) is 95.5 Å². The molecule has 0 heterocycles. The second-order valence-corrected chi connectivity index (χ2v) is 8.90. The van der Waals surface area contributed by atoms with Gasteiger partial charge in [-0.15, -0.1) is 0 Å². The van der Waals surface area contributed by atoms with Gasteiger partial charge in [0.15, 0.2) is 0 Å². The van der Waals surface area contributed by atoms with E-state index in [2.05, 4.69) is 24.5 Å². The predicted molar refractivity (Wildman–Crippen MR) is 136 cm³/mol. The van der Waals surface area contributed by atoms with E-state index >= 15 is 0 Å². The van der Waals surface area contributed by atoms with Crippen molar-refractivity contribution in [2.75, 3.05) is 10.6 Å². The van der Waals surface area contributed by atoms with E-state index in [1.165, 1.54) is 63.5 Å². The lowest BCUT2D eigenvalue weighted by Gasteiger charge is -2.13. The predicted octanol–water partition coefficient (Wildman–Crippen LogP) is 7.54. The van der Waals surface area contributed by atoms with Crippen LogP contribution in [0.4, 0.5) is 11.4 Å². The van der Waals surface area contributed by atoms with Crippen molar-refractivity contribution in [1.82, 2.24) is 0 Å². The fourth-order valence-corrected chi connectivity index (χ4v) is 3.80. The highest BCUT2D eigenvalue weighted by molar-refractivity contribution is 6.01. The van der Waals surface area contributed by atoms with Crippen LogP contribution in [0.15, 0.2) is 18.2 Å². The summed E-state index contributed by atoms with van der Waals surface area (Å²) >= 11 is 0. The van der Waals surface area contributed by atoms with E-state index in [1.807, 2.05) is 0 Å². The lowest BCUT2D eigenvalue weighted by atomic mass is 10.1. The van der Waals surface area contributed by atoms with Crippen molar-refractivity contribution in [3.63, 3.8) is 0 Å². The molecule has 186 valence electrons. The molecule has 1 rings (SSSR count). The van der Waals surface area contributed by atoms with Gasteiger partial charge in [-0.1, -0.05) is 90.9 Å². The zero-order valence-electron chi connectivity index (χ0n) is 20.7. The van der Waals surface area contributed by atoms with Gasteiger partial charge >= 0.3 is 5.97 Å². The number of aromatic carboxylic acids is 1. The first-order valence-electron chi connectivity index (χ1n) is 12.9. The number of hydrogen-bond acceptors (Lipinski definition) is 3. The maximum Gasteiger partial charge on any atom is 0.335 e. The molecule has 0 aliphatic rings. The van der Waals surface area contributed by atoms with Gasteiger partial charge in [-0.2, -0.15) is 0 Å². The Kier molecular flexibility index (Phi) is 15.7. The number of carbonyl (C=O) groups excluding carboxylic acids is 2. The second kappa shape index (κ2) is 18.1. The molecule has 0 bridgehead atoms. The molecule has 1 aromatic rings. The standard InChI is InChI=1S/C27H44N2O4/c1-3-5-7-9-11-13-15-17-25(30)28-23-20-19-22(27(32)33)21-24(23)29-26(31)18-16-14-12-10-8-6-4-2/h19-21H,3-18H2,1-2H3,(H,28,30)(H,29,31)(H,32,33).